The standard InChI is InChI=1S/C25H24ClN3O3/c1-15-6-9-17(10-7-15)21-14-22(29(28-21)23(30)4-3-5-24(31)32)19-13-18-12-16(2)8-11-20(18)27-25(19)26/h6-13,22H,3-5,14H2,1-2H3,(H,31,32)/t22-/m1/s1. The van der Waals surface area contributed by atoms with Crippen molar-refractivity contribution in [2.75, 3.05) is 0 Å². The van der Waals surface area contributed by atoms with E-state index in [0.29, 0.717) is 11.6 Å². The number of hydrogen-bond acceptors (Lipinski definition) is 4. The van der Waals surface area contributed by atoms with E-state index in [0.717, 1.165) is 38.9 Å². The average Bonchev–Trinajstić information content (AvgIpc) is 3.19. The molecule has 0 saturated carbocycles. The van der Waals surface area contributed by atoms with Crippen LogP contribution >= 0.6 is 11.6 Å². The smallest absolute Gasteiger partial charge is 0.303 e. The number of aromatic nitrogens is 1. The summed E-state index contributed by atoms with van der Waals surface area (Å²) in [4.78, 5) is 28.5. The molecule has 0 saturated heterocycles. The van der Waals surface area contributed by atoms with Crippen LogP contribution in [-0.2, 0) is 9.59 Å². The number of aliphatic carboxylic acids is 1. The number of amides is 1. The third kappa shape index (κ3) is 4.65. The fourth-order valence-electron chi connectivity index (χ4n) is 3.93. The lowest BCUT2D eigenvalue weighted by Gasteiger charge is -2.23. The average molecular weight is 450 g/mol. The van der Waals surface area contributed by atoms with Crippen LogP contribution in [0, 0.1) is 13.8 Å². The summed E-state index contributed by atoms with van der Waals surface area (Å²) in [5.41, 5.74) is 5.52. The van der Waals surface area contributed by atoms with Gasteiger partial charge >= 0.3 is 5.97 Å². The van der Waals surface area contributed by atoms with Crippen LogP contribution in [0.1, 0.15) is 54.0 Å². The highest BCUT2D eigenvalue weighted by Gasteiger charge is 2.34. The number of carbonyl (C=O) groups excluding carboxylic acids is 1. The molecule has 3 aromatic rings. The van der Waals surface area contributed by atoms with Gasteiger partial charge in [0.05, 0.1) is 17.3 Å². The Hall–Kier alpha value is -3.25. The van der Waals surface area contributed by atoms with Crippen LogP contribution in [0.15, 0.2) is 53.6 Å². The Kier molecular flexibility index (Phi) is 6.24. The molecule has 1 amide bonds. The summed E-state index contributed by atoms with van der Waals surface area (Å²) >= 11 is 6.58. The molecule has 4 rings (SSSR count). The quantitative estimate of drug-likeness (QED) is 0.508. The third-order valence-electron chi connectivity index (χ3n) is 5.64. The summed E-state index contributed by atoms with van der Waals surface area (Å²) in [6.45, 7) is 4.03. The molecule has 1 aliphatic rings. The number of pyridine rings is 1. The van der Waals surface area contributed by atoms with Crippen molar-refractivity contribution in [2.45, 2.75) is 45.6 Å². The van der Waals surface area contributed by atoms with E-state index in [1.807, 2.05) is 62.4 Å². The maximum atomic E-state index is 13.0. The van der Waals surface area contributed by atoms with Gasteiger partial charge in [0.1, 0.15) is 5.15 Å². The largest absolute Gasteiger partial charge is 0.481 e. The van der Waals surface area contributed by atoms with E-state index in [9.17, 15) is 9.59 Å². The Morgan fingerprint density at radius 3 is 2.50 bits per heavy atom. The Labute approximate surface area is 191 Å². The van der Waals surface area contributed by atoms with Gasteiger partial charge in [0.2, 0.25) is 5.91 Å². The molecule has 7 heteroatoms. The lowest BCUT2D eigenvalue weighted by Crippen LogP contribution is -2.27. The minimum Gasteiger partial charge on any atom is -0.481 e. The fraction of sp³-hybridized carbons (Fsp3) is 0.280. The SMILES string of the molecule is Cc1ccc(C2=NN(C(=O)CCCC(=O)O)[C@@H](c3cc4cc(C)ccc4nc3Cl)C2)cc1. The number of carboxylic acids is 1. The van der Waals surface area contributed by atoms with Crippen molar-refractivity contribution in [2.24, 2.45) is 5.10 Å². The number of nitrogens with zero attached hydrogens (tertiary/aromatic N) is 3. The van der Waals surface area contributed by atoms with E-state index < -0.39 is 12.0 Å². The zero-order valence-electron chi connectivity index (χ0n) is 18.0. The number of fused-ring (bicyclic) bond motifs is 1. The number of hydrazone groups is 1. The summed E-state index contributed by atoms with van der Waals surface area (Å²) in [6, 6.07) is 15.5. The van der Waals surface area contributed by atoms with Crippen LogP contribution in [0.4, 0.5) is 0 Å². The summed E-state index contributed by atoms with van der Waals surface area (Å²) in [7, 11) is 0. The number of hydrogen-bond donors (Lipinski definition) is 1. The molecule has 0 bridgehead atoms. The predicted octanol–water partition coefficient (Wildman–Crippen LogP) is 5.44. The van der Waals surface area contributed by atoms with E-state index in [4.69, 9.17) is 16.7 Å². The molecule has 32 heavy (non-hydrogen) atoms. The highest BCUT2D eigenvalue weighted by atomic mass is 35.5. The van der Waals surface area contributed by atoms with Crippen molar-refractivity contribution in [1.29, 1.82) is 0 Å². The zero-order valence-corrected chi connectivity index (χ0v) is 18.8. The number of rotatable bonds is 6. The number of benzene rings is 2. The molecule has 1 aliphatic heterocycles. The monoisotopic (exact) mass is 449 g/mol. The summed E-state index contributed by atoms with van der Waals surface area (Å²) < 4.78 is 0. The van der Waals surface area contributed by atoms with Gasteiger partial charge in [-0.05, 0) is 44.0 Å². The van der Waals surface area contributed by atoms with Gasteiger partial charge in [0.25, 0.3) is 0 Å². The van der Waals surface area contributed by atoms with E-state index in [2.05, 4.69) is 10.1 Å². The van der Waals surface area contributed by atoms with Crippen molar-refractivity contribution in [3.8, 4) is 0 Å². The molecule has 0 aliphatic carbocycles. The maximum Gasteiger partial charge on any atom is 0.303 e. The molecular weight excluding hydrogens is 426 g/mol. The first-order valence-corrected chi connectivity index (χ1v) is 10.9. The van der Waals surface area contributed by atoms with Gasteiger partial charge in [-0.3, -0.25) is 9.59 Å². The first-order chi connectivity index (χ1) is 15.3. The van der Waals surface area contributed by atoms with Gasteiger partial charge in [0.15, 0.2) is 0 Å². The Morgan fingerprint density at radius 1 is 1.06 bits per heavy atom. The second kappa shape index (κ2) is 9.09. The van der Waals surface area contributed by atoms with E-state index in [-0.39, 0.29) is 25.2 Å². The van der Waals surface area contributed by atoms with Gasteiger partial charge in [-0.15, -0.1) is 0 Å². The van der Waals surface area contributed by atoms with Crippen LogP contribution < -0.4 is 0 Å². The second-order valence-corrected chi connectivity index (χ2v) is 8.54. The number of carbonyl (C=O) groups is 2. The number of carboxylic acid groups (broad SMARTS) is 1. The maximum absolute atomic E-state index is 13.0. The molecule has 2 heterocycles. The minimum atomic E-state index is -0.920. The van der Waals surface area contributed by atoms with E-state index >= 15 is 0 Å². The van der Waals surface area contributed by atoms with Crippen LogP contribution in [-0.4, -0.2) is 32.7 Å². The third-order valence-corrected chi connectivity index (χ3v) is 5.94. The Bertz CT molecular complexity index is 1220. The van der Waals surface area contributed by atoms with Crippen LogP contribution in [0.25, 0.3) is 10.9 Å². The highest BCUT2D eigenvalue weighted by molar-refractivity contribution is 6.30. The number of halogens is 1. The van der Waals surface area contributed by atoms with Gasteiger partial charge in [-0.25, -0.2) is 9.99 Å². The fourth-order valence-corrected chi connectivity index (χ4v) is 4.20. The molecule has 0 fully saturated rings. The molecule has 0 unspecified atom stereocenters. The topological polar surface area (TPSA) is 82.9 Å². The van der Waals surface area contributed by atoms with Crippen molar-refractivity contribution >= 4 is 40.1 Å². The first kappa shape index (κ1) is 22.0. The molecule has 6 nitrogen and oxygen atoms in total. The molecule has 0 spiro atoms. The first-order valence-electron chi connectivity index (χ1n) is 10.6. The van der Waals surface area contributed by atoms with Crippen molar-refractivity contribution < 1.29 is 14.7 Å². The van der Waals surface area contributed by atoms with Gasteiger partial charge in [-0.1, -0.05) is 53.1 Å². The molecule has 1 N–H and O–H groups in total. The Balaban J connectivity index is 1.71. The van der Waals surface area contributed by atoms with E-state index in [1.165, 1.54) is 5.01 Å². The molecule has 0 radical (unpaired) electrons. The molecule has 164 valence electrons. The van der Waals surface area contributed by atoms with Gasteiger partial charge < -0.3 is 5.11 Å². The lowest BCUT2D eigenvalue weighted by molar-refractivity contribution is -0.137. The molecule has 1 aromatic heterocycles. The molecular formula is C25H24ClN3O3. The molecule has 1 atom stereocenters. The Morgan fingerprint density at radius 2 is 1.78 bits per heavy atom. The van der Waals surface area contributed by atoms with Gasteiger partial charge in [-0.2, -0.15) is 5.10 Å². The summed E-state index contributed by atoms with van der Waals surface area (Å²) in [5, 5.41) is 16.3. The van der Waals surface area contributed by atoms with Crippen LogP contribution in [0.3, 0.4) is 0 Å². The van der Waals surface area contributed by atoms with Crippen molar-refractivity contribution in [3.05, 3.63) is 75.9 Å². The highest BCUT2D eigenvalue weighted by Crippen LogP contribution is 2.37. The minimum absolute atomic E-state index is 0.0592. The van der Waals surface area contributed by atoms with E-state index in [1.54, 1.807) is 0 Å². The van der Waals surface area contributed by atoms with Crippen molar-refractivity contribution in [3.63, 3.8) is 0 Å². The van der Waals surface area contributed by atoms with Crippen LogP contribution in [0.5, 0.6) is 0 Å². The predicted molar refractivity (Wildman–Crippen MR) is 125 cm³/mol. The normalized spacial score (nSPS) is 15.8. The zero-order chi connectivity index (χ0) is 22.8. The number of aryl methyl sites for hydroxylation is 2. The summed E-state index contributed by atoms with van der Waals surface area (Å²) in [6.07, 6.45) is 0.809. The van der Waals surface area contributed by atoms with Crippen LogP contribution in [0.2, 0.25) is 5.15 Å². The second-order valence-electron chi connectivity index (χ2n) is 8.18. The summed E-state index contributed by atoms with van der Waals surface area (Å²) in [5.74, 6) is -1.14. The van der Waals surface area contributed by atoms with Crippen molar-refractivity contribution in [1.82, 2.24) is 9.99 Å². The van der Waals surface area contributed by atoms with Gasteiger partial charge in [0, 0.05) is 30.2 Å². The lowest BCUT2D eigenvalue weighted by atomic mass is 9.97. The molecule has 2 aromatic carbocycles.